The highest BCUT2D eigenvalue weighted by Crippen LogP contribution is 2.25. The smallest absolute Gasteiger partial charge is 0.319 e. The summed E-state index contributed by atoms with van der Waals surface area (Å²) in [4.78, 5) is 16.2. The fourth-order valence-corrected chi connectivity index (χ4v) is 4.72. The van der Waals surface area contributed by atoms with E-state index in [0.29, 0.717) is 18.2 Å². The topological polar surface area (TPSA) is 100 Å². The highest BCUT2D eigenvalue weighted by molar-refractivity contribution is 7.89. The van der Waals surface area contributed by atoms with Gasteiger partial charge in [0.25, 0.3) is 0 Å². The Bertz CT molecular complexity index is 885. The quantitative estimate of drug-likeness (QED) is 0.690. The summed E-state index contributed by atoms with van der Waals surface area (Å²) in [6.45, 7) is 2.44. The molecule has 1 fully saturated rings. The summed E-state index contributed by atoms with van der Waals surface area (Å²) in [5.41, 5.74) is 1.41. The normalized spacial score (nSPS) is 19.8. The summed E-state index contributed by atoms with van der Waals surface area (Å²) in [5, 5.41) is 5.42. The molecule has 0 aliphatic heterocycles. The third kappa shape index (κ3) is 5.53. The molecule has 1 aliphatic carbocycles. The summed E-state index contributed by atoms with van der Waals surface area (Å²) >= 11 is 0. The van der Waals surface area contributed by atoms with Gasteiger partial charge in [-0.15, -0.1) is 0 Å². The molecule has 1 saturated carbocycles. The van der Waals surface area contributed by atoms with E-state index in [4.69, 9.17) is 0 Å². The Morgan fingerprint density at radius 3 is 2.57 bits per heavy atom. The molecule has 0 spiro atoms. The first-order chi connectivity index (χ1) is 13.4. The fourth-order valence-electron chi connectivity index (χ4n) is 3.34. The number of amides is 2. The van der Waals surface area contributed by atoms with Crippen LogP contribution in [0.15, 0.2) is 53.7 Å². The summed E-state index contributed by atoms with van der Waals surface area (Å²) in [6.07, 6.45) is 7.47. The van der Waals surface area contributed by atoms with Crippen LogP contribution in [0.3, 0.4) is 0 Å². The van der Waals surface area contributed by atoms with Crippen molar-refractivity contribution < 1.29 is 13.2 Å². The van der Waals surface area contributed by atoms with Crippen LogP contribution in [0.25, 0.3) is 0 Å². The van der Waals surface area contributed by atoms with E-state index in [0.717, 1.165) is 31.2 Å². The molecule has 150 valence electrons. The van der Waals surface area contributed by atoms with Crippen LogP contribution in [0.1, 0.15) is 38.2 Å². The lowest BCUT2D eigenvalue weighted by molar-refractivity contribution is 0.251. The second-order valence-corrected chi connectivity index (χ2v) is 8.90. The maximum atomic E-state index is 12.6. The molecule has 0 bridgehead atoms. The first-order valence-electron chi connectivity index (χ1n) is 9.50. The molecule has 8 heteroatoms. The molecule has 3 N–H and O–H groups in total. The second kappa shape index (κ2) is 9.16. The van der Waals surface area contributed by atoms with Gasteiger partial charge in [0, 0.05) is 30.7 Å². The molecule has 3 rings (SSSR count). The van der Waals surface area contributed by atoms with Gasteiger partial charge in [-0.3, -0.25) is 4.98 Å². The molecule has 1 aliphatic rings. The maximum absolute atomic E-state index is 12.6. The van der Waals surface area contributed by atoms with Crippen molar-refractivity contribution in [1.82, 2.24) is 15.0 Å². The van der Waals surface area contributed by atoms with E-state index < -0.39 is 10.0 Å². The van der Waals surface area contributed by atoms with Crippen molar-refractivity contribution in [2.45, 2.75) is 50.1 Å². The van der Waals surface area contributed by atoms with Crippen molar-refractivity contribution in [2.75, 3.05) is 5.32 Å². The molecule has 2 unspecified atom stereocenters. The average Bonchev–Trinajstić information content (AvgIpc) is 2.69. The number of anilines is 1. The predicted octanol–water partition coefficient (Wildman–Crippen LogP) is 3.26. The third-order valence-electron chi connectivity index (χ3n) is 5.02. The van der Waals surface area contributed by atoms with Crippen molar-refractivity contribution >= 4 is 21.7 Å². The average molecular weight is 403 g/mol. The van der Waals surface area contributed by atoms with Gasteiger partial charge in [-0.05, 0) is 54.7 Å². The Hall–Kier alpha value is -2.45. The van der Waals surface area contributed by atoms with Crippen LogP contribution in [0.2, 0.25) is 0 Å². The lowest BCUT2D eigenvalue weighted by Crippen LogP contribution is -2.40. The Kier molecular flexibility index (Phi) is 6.64. The Labute approximate surface area is 166 Å². The van der Waals surface area contributed by atoms with Gasteiger partial charge in [-0.1, -0.05) is 25.8 Å². The van der Waals surface area contributed by atoms with Gasteiger partial charge in [0.15, 0.2) is 0 Å². The first kappa shape index (κ1) is 20.3. The number of hydrogen-bond donors (Lipinski definition) is 3. The zero-order valence-corrected chi connectivity index (χ0v) is 16.7. The van der Waals surface area contributed by atoms with Gasteiger partial charge in [0.2, 0.25) is 10.0 Å². The second-order valence-electron chi connectivity index (χ2n) is 7.18. The van der Waals surface area contributed by atoms with Crippen LogP contribution in [0.5, 0.6) is 0 Å². The summed E-state index contributed by atoms with van der Waals surface area (Å²) in [7, 11) is -3.57. The molecular weight excluding hydrogens is 376 g/mol. The molecule has 2 atom stereocenters. The van der Waals surface area contributed by atoms with Crippen molar-refractivity contribution in [2.24, 2.45) is 5.92 Å². The van der Waals surface area contributed by atoms with E-state index in [9.17, 15) is 13.2 Å². The largest absolute Gasteiger partial charge is 0.334 e. The molecule has 0 saturated heterocycles. The predicted molar refractivity (Wildman–Crippen MR) is 108 cm³/mol. The van der Waals surface area contributed by atoms with Crippen LogP contribution in [-0.2, 0) is 16.6 Å². The van der Waals surface area contributed by atoms with Crippen LogP contribution < -0.4 is 15.4 Å². The minimum atomic E-state index is -3.57. The van der Waals surface area contributed by atoms with E-state index >= 15 is 0 Å². The number of nitrogens with zero attached hydrogens (tertiary/aromatic N) is 1. The van der Waals surface area contributed by atoms with E-state index in [1.165, 1.54) is 12.1 Å². The van der Waals surface area contributed by atoms with Gasteiger partial charge >= 0.3 is 6.03 Å². The molecule has 1 aromatic heterocycles. The van der Waals surface area contributed by atoms with Crippen LogP contribution in [0.4, 0.5) is 10.5 Å². The molecule has 1 heterocycles. The number of aromatic nitrogens is 1. The van der Waals surface area contributed by atoms with Crippen molar-refractivity contribution in [1.29, 1.82) is 0 Å². The lowest BCUT2D eigenvalue weighted by Gasteiger charge is -2.29. The Morgan fingerprint density at radius 2 is 1.89 bits per heavy atom. The standard InChI is InChI=1S/C20H26N4O3S/c1-15-5-2-3-7-19(15)24-28(26,27)18-10-8-17(9-11-18)23-20(25)22-14-16-6-4-12-21-13-16/h4,6,8-13,15,19,24H,2-3,5,7,14H2,1H3,(H2,22,23,25). The van der Waals surface area contributed by atoms with Crippen LogP contribution in [0, 0.1) is 5.92 Å². The zero-order valence-electron chi connectivity index (χ0n) is 15.9. The van der Waals surface area contributed by atoms with Gasteiger partial charge in [-0.25, -0.2) is 17.9 Å². The number of sulfonamides is 1. The van der Waals surface area contributed by atoms with Gasteiger partial charge in [0.05, 0.1) is 4.90 Å². The molecule has 1 aromatic carbocycles. The monoisotopic (exact) mass is 402 g/mol. The molecule has 7 nitrogen and oxygen atoms in total. The molecule has 2 amide bonds. The SMILES string of the molecule is CC1CCCCC1NS(=O)(=O)c1ccc(NC(=O)NCc2cccnc2)cc1. The lowest BCUT2D eigenvalue weighted by atomic mass is 9.87. The maximum Gasteiger partial charge on any atom is 0.319 e. The molecule has 2 aromatic rings. The summed E-state index contributed by atoms with van der Waals surface area (Å²) < 4.78 is 28.1. The number of pyridine rings is 1. The number of carbonyl (C=O) groups excluding carboxylic acids is 1. The number of rotatable bonds is 6. The summed E-state index contributed by atoms with van der Waals surface area (Å²) in [6, 6.07) is 9.47. The van der Waals surface area contributed by atoms with Crippen molar-refractivity contribution in [3.8, 4) is 0 Å². The highest BCUT2D eigenvalue weighted by atomic mass is 32.2. The van der Waals surface area contributed by atoms with Gasteiger partial charge in [-0.2, -0.15) is 0 Å². The van der Waals surface area contributed by atoms with Gasteiger partial charge in [0.1, 0.15) is 0 Å². The van der Waals surface area contributed by atoms with Crippen molar-refractivity contribution in [3.05, 3.63) is 54.4 Å². The Morgan fingerprint density at radius 1 is 1.14 bits per heavy atom. The first-order valence-corrected chi connectivity index (χ1v) is 11.0. The number of carbonyl (C=O) groups is 1. The highest BCUT2D eigenvalue weighted by Gasteiger charge is 2.26. The minimum Gasteiger partial charge on any atom is -0.334 e. The molecule has 0 radical (unpaired) electrons. The van der Waals surface area contributed by atoms with E-state index in [-0.39, 0.29) is 17.0 Å². The van der Waals surface area contributed by atoms with E-state index in [2.05, 4.69) is 27.3 Å². The van der Waals surface area contributed by atoms with Crippen LogP contribution in [-0.4, -0.2) is 25.5 Å². The number of benzene rings is 1. The molecule has 28 heavy (non-hydrogen) atoms. The number of urea groups is 1. The van der Waals surface area contributed by atoms with Gasteiger partial charge < -0.3 is 10.6 Å². The Balaban J connectivity index is 1.55. The number of nitrogens with one attached hydrogen (secondary N) is 3. The van der Waals surface area contributed by atoms with E-state index in [1.54, 1.807) is 30.6 Å². The number of hydrogen-bond acceptors (Lipinski definition) is 4. The van der Waals surface area contributed by atoms with E-state index in [1.807, 2.05) is 6.07 Å². The third-order valence-corrected chi connectivity index (χ3v) is 6.52. The summed E-state index contributed by atoms with van der Waals surface area (Å²) in [5.74, 6) is 0.341. The van der Waals surface area contributed by atoms with Crippen molar-refractivity contribution in [3.63, 3.8) is 0 Å². The minimum absolute atomic E-state index is 0.0187. The van der Waals surface area contributed by atoms with Crippen LogP contribution >= 0.6 is 0 Å². The zero-order chi connectivity index (χ0) is 20.0. The fraction of sp³-hybridized carbons (Fsp3) is 0.400. The molecular formula is C20H26N4O3S.